The molecule has 0 aliphatic rings. The molecule has 10 nitrogen and oxygen atoms in total. The van der Waals surface area contributed by atoms with Crippen LogP contribution in [0, 0.1) is 11.6 Å². The summed E-state index contributed by atoms with van der Waals surface area (Å²) in [6.45, 7) is 8.95. The first-order chi connectivity index (χ1) is 38.9. The summed E-state index contributed by atoms with van der Waals surface area (Å²) >= 11 is 0. The van der Waals surface area contributed by atoms with Gasteiger partial charge in [0.05, 0.1) is 24.3 Å². The highest BCUT2D eigenvalue weighted by Gasteiger charge is 2.20. The van der Waals surface area contributed by atoms with E-state index in [1.165, 1.54) is 139 Å². The van der Waals surface area contributed by atoms with Gasteiger partial charge in [0.2, 0.25) is 0 Å². The monoisotopic (exact) mass is 1090 g/mol. The van der Waals surface area contributed by atoms with Crippen molar-refractivity contribution >= 4 is 46.8 Å². The van der Waals surface area contributed by atoms with E-state index in [1.807, 2.05) is 48.5 Å². The molecule has 0 heterocycles. The van der Waals surface area contributed by atoms with Gasteiger partial charge in [-0.25, -0.2) is 28.0 Å². The number of carbonyl (C=O) groups excluding carboxylic acids is 4. The van der Waals surface area contributed by atoms with Gasteiger partial charge in [-0.05, 0) is 134 Å². The summed E-state index contributed by atoms with van der Waals surface area (Å²) in [4.78, 5) is 52.2. The number of unbranched alkanes of at least 4 members (excludes halogenated alkanes) is 18. The molecule has 0 fully saturated rings. The topological polar surface area (TPSA) is 124 Å². The summed E-state index contributed by atoms with van der Waals surface area (Å²) in [7, 11) is 0. The van der Waals surface area contributed by atoms with Crippen molar-refractivity contribution < 1.29 is 56.4 Å². The Kier molecular flexibility index (Phi) is 26.0. The fourth-order valence-electron chi connectivity index (χ4n) is 8.98. The molecule has 12 heteroatoms. The molecule has 0 saturated heterocycles. The van der Waals surface area contributed by atoms with Gasteiger partial charge in [-0.2, -0.15) is 0 Å². The van der Waals surface area contributed by atoms with Crippen molar-refractivity contribution in [3.63, 3.8) is 0 Å². The third kappa shape index (κ3) is 21.2. The van der Waals surface area contributed by atoms with Crippen LogP contribution in [-0.2, 0) is 9.59 Å². The summed E-state index contributed by atoms with van der Waals surface area (Å²) < 4.78 is 64.3. The average Bonchev–Trinajstić information content (AvgIpc) is 3.47. The minimum Gasteiger partial charge on any atom is -0.494 e. The molecule has 0 saturated carbocycles. The maximum absolute atomic E-state index is 15.3. The number of rotatable bonds is 34. The third-order valence-corrected chi connectivity index (χ3v) is 13.7. The molecule has 0 N–H and O–H groups in total. The van der Waals surface area contributed by atoms with Crippen molar-refractivity contribution in [2.75, 3.05) is 13.2 Å². The van der Waals surface area contributed by atoms with Crippen molar-refractivity contribution in [1.29, 1.82) is 0 Å². The second kappa shape index (κ2) is 33.7. The van der Waals surface area contributed by atoms with Crippen LogP contribution >= 0.6 is 0 Å². The molecule has 0 aliphatic heterocycles. The van der Waals surface area contributed by atoms with Gasteiger partial charge < -0.3 is 28.4 Å². The smallest absolute Gasteiger partial charge is 0.346 e. The van der Waals surface area contributed by atoms with Gasteiger partial charge in [0.15, 0.2) is 0 Å². The summed E-state index contributed by atoms with van der Waals surface area (Å²) in [5.41, 5.74) is 1.29. The number of fused-ring (bicyclic) bond motifs is 1. The van der Waals surface area contributed by atoms with Gasteiger partial charge >= 0.3 is 23.9 Å². The van der Waals surface area contributed by atoms with Crippen molar-refractivity contribution in [2.24, 2.45) is 0 Å². The highest BCUT2D eigenvalue weighted by molar-refractivity contribution is 5.97. The van der Waals surface area contributed by atoms with Crippen LogP contribution in [0.2, 0.25) is 0 Å². The largest absolute Gasteiger partial charge is 0.494 e. The summed E-state index contributed by atoms with van der Waals surface area (Å²) in [6, 6.07) is 30.9. The van der Waals surface area contributed by atoms with E-state index in [9.17, 15) is 19.2 Å². The van der Waals surface area contributed by atoms with Crippen molar-refractivity contribution in [1.82, 2.24) is 0 Å². The molecule has 0 unspecified atom stereocenters. The molecule has 0 bridgehead atoms. The van der Waals surface area contributed by atoms with Crippen LogP contribution < -0.4 is 28.4 Å². The van der Waals surface area contributed by atoms with E-state index in [-0.39, 0.29) is 34.1 Å². The lowest BCUT2D eigenvalue weighted by molar-refractivity contribution is -0.130. The number of halogens is 2. The van der Waals surface area contributed by atoms with Crippen LogP contribution in [0.4, 0.5) is 8.78 Å². The molecule has 0 aliphatic carbocycles. The van der Waals surface area contributed by atoms with Gasteiger partial charge in [-0.1, -0.05) is 166 Å². The molecular weight excluding hydrogens is 1010 g/mol. The van der Waals surface area contributed by atoms with Crippen LogP contribution in [0.1, 0.15) is 188 Å². The van der Waals surface area contributed by atoms with E-state index in [0.717, 1.165) is 72.6 Å². The van der Waals surface area contributed by atoms with E-state index < -0.39 is 46.6 Å². The Bertz CT molecular complexity index is 2800. The number of esters is 4. The minimum atomic E-state index is -1.00. The quantitative estimate of drug-likeness (QED) is 0.0167. The lowest BCUT2D eigenvalue weighted by Gasteiger charge is -2.10. The van der Waals surface area contributed by atoms with Crippen LogP contribution in [0.3, 0.4) is 0 Å². The first-order valence-corrected chi connectivity index (χ1v) is 28.7. The van der Waals surface area contributed by atoms with E-state index in [0.29, 0.717) is 24.0 Å². The molecule has 0 amide bonds. The molecular formula is C68H78F2O10. The lowest BCUT2D eigenvalue weighted by atomic mass is 10.1. The fraction of sp³-hybridized carbons (Fsp3) is 0.382. The highest BCUT2D eigenvalue weighted by atomic mass is 19.1. The molecule has 0 radical (unpaired) electrons. The number of hydrogen-bond donors (Lipinski definition) is 0. The average molecular weight is 1090 g/mol. The van der Waals surface area contributed by atoms with Gasteiger partial charge in [-0.3, -0.25) is 0 Å². The maximum Gasteiger partial charge on any atom is 0.346 e. The zero-order valence-corrected chi connectivity index (χ0v) is 47.1. The molecule has 6 rings (SSSR count). The SMILES string of the molecule is CCCCCCCCCCCCOc1ccc(/C=C(\C)C(=O)Oc2ccc(C(=O)Oc3ccc4ccc(OC(=O)c5ccc(OC(=O)/C(C)=C/c6ccc(OCCCCCCCCCCCC)cc6)cc5F)cc4c3)c(F)c2)cc1. The van der Waals surface area contributed by atoms with Crippen LogP contribution in [0.25, 0.3) is 22.9 Å². The van der Waals surface area contributed by atoms with Crippen molar-refractivity contribution in [3.05, 3.63) is 166 Å². The van der Waals surface area contributed by atoms with Crippen LogP contribution in [-0.4, -0.2) is 37.1 Å². The molecule has 80 heavy (non-hydrogen) atoms. The highest BCUT2D eigenvalue weighted by Crippen LogP contribution is 2.29. The van der Waals surface area contributed by atoms with Gasteiger partial charge in [0, 0.05) is 23.3 Å². The van der Waals surface area contributed by atoms with E-state index in [2.05, 4.69) is 13.8 Å². The zero-order valence-electron chi connectivity index (χ0n) is 47.1. The summed E-state index contributed by atoms with van der Waals surface area (Å²) in [5, 5.41) is 1.18. The minimum absolute atomic E-state index is 0.0640. The van der Waals surface area contributed by atoms with E-state index in [4.69, 9.17) is 28.4 Å². The fourth-order valence-corrected chi connectivity index (χ4v) is 8.98. The second-order valence-electron chi connectivity index (χ2n) is 20.4. The third-order valence-electron chi connectivity index (χ3n) is 13.7. The molecule has 6 aromatic carbocycles. The number of benzene rings is 6. The Morgan fingerprint density at radius 2 is 0.675 bits per heavy atom. The molecule has 6 aromatic rings. The normalized spacial score (nSPS) is 11.6. The van der Waals surface area contributed by atoms with Gasteiger partial charge in [0.1, 0.15) is 46.1 Å². The zero-order chi connectivity index (χ0) is 56.9. The van der Waals surface area contributed by atoms with Crippen molar-refractivity contribution in [3.8, 4) is 34.5 Å². The predicted octanol–water partition coefficient (Wildman–Crippen LogP) is 18.2. The summed E-state index contributed by atoms with van der Waals surface area (Å²) in [5.74, 6) is -3.90. The Hall–Kier alpha value is -7.60. The van der Waals surface area contributed by atoms with E-state index >= 15 is 8.78 Å². The second-order valence-corrected chi connectivity index (χ2v) is 20.4. The van der Waals surface area contributed by atoms with Crippen molar-refractivity contribution in [2.45, 2.75) is 156 Å². The summed E-state index contributed by atoms with van der Waals surface area (Å²) in [6.07, 6.45) is 28.4. The Morgan fingerprint density at radius 3 is 1.02 bits per heavy atom. The lowest BCUT2D eigenvalue weighted by Crippen LogP contribution is -2.13. The standard InChI is InChI=1S/C68H78F2O10/c1-5-7-9-11-13-15-17-19-21-23-41-75-55-31-25-51(26-32-55)43-49(3)65(71)77-59-37-39-61(63(69)47-59)67(73)79-57-35-29-53-30-36-58(46-54(53)45-57)80-68(74)62-40-38-60(48-64(62)70)78-66(72)50(4)44-52-27-33-56(34-28-52)76-42-24-22-20-18-16-14-12-10-8-6-2/h25-40,43-48H,5-24,41-42H2,1-4H3/b49-43+,50-44+. The maximum atomic E-state index is 15.3. The number of hydrogen-bond acceptors (Lipinski definition) is 10. The first kappa shape index (κ1) is 61.6. The number of ether oxygens (including phenoxy) is 6. The van der Waals surface area contributed by atoms with Crippen LogP contribution in [0.5, 0.6) is 34.5 Å². The molecule has 0 atom stereocenters. The predicted molar refractivity (Wildman–Crippen MR) is 313 cm³/mol. The van der Waals surface area contributed by atoms with Gasteiger partial charge in [0.25, 0.3) is 0 Å². The Labute approximate surface area is 471 Å². The Balaban J connectivity index is 0.924. The number of carbonyl (C=O) groups is 4. The first-order valence-electron chi connectivity index (χ1n) is 28.7. The molecule has 0 aromatic heterocycles. The van der Waals surface area contributed by atoms with Crippen LogP contribution in [0.15, 0.2) is 132 Å². The van der Waals surface area contributed by atoms with Gasteiger partial charge in [-0.15, -0.1) is 0 Å². The molecule has 424 valence electrons. The van der Waals surface area contributed by atoms with E-state index in [1.54, 1.807) is 38.1 Å². The molecule has 0 spiro atoms. The Morgan fingerprint density at radius 1 is 0.362 bits per heavy atom.